The molecule has 25 heavy (non-hydrogen) atoms. The number of aromatic nitrogens is 3. The summed E-state index contributed by atoms with van der Waals surface area (Å²) < 4.78 is 13.1. The van der Waals surface area contributed by atoms with Gasteiger partial charge in [-0.2, -0.15) is 0 Å². The minimum absolute atomic E-state index is 0.270. The average molecular weight is 342 g/mol. The van der Waals surface area contributed by atoms with Crippen LogP contribution in [0.1, 0.15) is 24.8 Å². The summed E-state index contributed by atoms with van der Waals surface area (Å²) in [6.07, 6.45) is 6.19. The molecular formula is C19H26N4O2. The molecule has 0 spiro atoms. The lowest BCUT2D eigenvalue weighted by Crippen LogP contribution is -2.51. The van der Waals surface area contributed by atoms with Gasteiger partial charge < -0.3 is 14.4 Å². The highest BCUT2D eigenvalue weighted by Gasteiger charge is 2.26. The topological polar surface area (TPSA) is 52.4 Å². The Bertz CT molecular complexity index is 718. The van der Waals surface area contributed by atoms with Crippen molar-refractivity contribution in [1.29, 1.82) is 0 Å². The molecule has 6 nitrogen and oxygen atoms in total. The zero-order chi connectivity index (χ0) is 17.2. The lowest BCUT2D eigenvalue weighted by atomic mass is 10.0. The Labute approximate surface area is 148 Å². The predicted molar refractivity (Wildman–Crippen MR) is 96.8 cm³/mol. The molecule has 1 atom stereocenters. The molecule has 0 amide bonds. The number of aryl methyl sites for hydroxylation is 1. The minimum Gasteiger partial charge on any atom is -0.378 e. The molecule has 134 valence electrons. The van der Waals surface area contributed by atoms with Crippen molar-refractivity contribution in [3.05, 3.63) is 30.0 Å². The van der Waals surface area contributed by atoms with E-state index in [1.165, 1.54) is 24.1 Å². The number of hydrogen-bond acceptors (Lipinski definition) is 5. The fraction of sp³-hybridized carbons (Fsp3) is 0.579. The first-order valence-electron chi connectivity index (χ1n) is 9.13. The molecule has 0 bridgehead atoms. The van der Waals surface area contributed by atoms with Gasteiger partial charge >= 0.3 is 0 Å². The third-order valence-corrected chi connectivity index (χ3v) is 5.24. The second-order valence-electron chi connectivity index (χ2n) is 7.08. The van der Waals surface area contributed by atoms with Crippen molar-refractivity contribution in [3.63, 3.8) is 0 Å². The van der Waals surface area contributed by atoms with Crippen LogP contribution in [0.3, 0.4) is 0 Å². The van der Waals surface area contributed by atoms with E-state index in [2.05, 4.69) is 40.3 Å². The van der Waals surface area contributed by atoms with E-state index in [4.69, 9.17) is 9.47 Å². The molecule has 0 radical (unpaired) electrons. The minimum atomic E-state index is 0.270. The number of hydrogen-bond donors (Lipinski definition) is 0. The van der Waals surface area contributed by atoms with Crippen molar-refractivity contribution in [1.82, 2.24) is 15.0 Å². The summed E-state index contributed by atoms with van der Waals surface area (Å²) in [5.41, 5.74) is 4.54. The van der Waals surface area contributed by atoms with Gasteiger partial charge in [-0.1, -0.05) is 11.3 Å². The second-order valence-corrected chi connectivity index (χ2v) is 7.08. The highest BCUT2D eigenvalue weighted by atomic mass is 16.5. The second kappa shape index (κ2) is 7.14. The summed E-state index contributed by atoms with van der Waals surface area (Å²) in [5.74, 6) is 0. The first kappa shape index (κ1) is 16.5. The molecular weight excluding hydrogens is 316 g/mol. The summed E-state index contributed by atoms with van der Waals surface area (Å²) in [7, 11) is 1.78. The van der Waals surface area contributed by atoms with E-state index in [9.17, 15) is 0 Å². The predicted octanol–water partition coefficient (Wildman–Crippen LogP) is 2.66. The maximum Gasteiger partial charge on any atom is 0.113 e. The van der Waals surface area contributed by atoms with Crippen molar-refractivity contribution >= 4 is 5.69 Å². The van der Waals surface area contributed by atoms with Gasteiger partial charge in [0.1, 0.15) is 5.69 Å². The van der Waals surface area contributed by atoms with Crippen LogP contribution in [-0.4, -0.2) is 54.0 Å². The lowest BCUT2D eigenvalue weighted by Gasteiger charge is -2.40. The Hall–Kier alpha value is -1.92. The first-order valence-corrected chi connectivity index (χ1v) is 9.13. The SMILES string of the molecule is COC1CN(c2ccc(-c3cn(CC4CCCCO4)nn3)c(C)c2)C1. The summed E-state index contributed by atoms with van der Waals surface area (Å²) in [4.78, 5) is 2.34. The van der Waals surface area contributed by atoms with Crippen molar-refractivity contribution in [3.8, 4) is 11.3 Å². The molecule has 2 saturated heterocycles. The molecule has 2 aliphatic heterocycles. The van der Waals surface area contributed by atoms with E-state index in [-0.39, 0.29) is 6.10 Å². The molecule has 2 aromatic rings. The fourth-order valence-corrected chi connectivity index (χ4v) is 3.60. The Kier molecular flexibility index (Phi) is 4.72. The standard InChI is InChI=1S/C19H26N4O2/c1-14-9-15(22-10-17(11-22)24-2)6-7-18(14)19-13-23(21-20-19)12-16-5-3-4-8-25-16/h6-7,9,13,16-17H,3-5,8,10-12H2,1-2H3. The van der Waals surface area contributed by atoms with Crippen LogP contribution in [0.25, 0.3) is 11.3 Å². The first-order chi connectivity index (χ1) is 12.2. The molecule has 1 unspecified atom stereocenters. The maximum atomic E-state index is 5.79. The number of benzene rings is 1. The van der Waals surface area contributed by atoms with Crippen molar-refractivity contribution in [2.75, 3.05) is 31.7 Å². The van der Waals surface area contributed by atoms with Crippen LogP contribution in [0.5, 0.6) is 0 Å². The Morgan fingerprint density at radius 2 is 2.16 bits per heavy atom. The van der Waals surface area contributed by atoms with Crippen LogP contribution in [0.15, 0.2) is 24.4 Å². The van der Waals surface area contributed by atoms with Crippen LogP contribution < -0.4 is 4.90 Å². The molecule has 2 fully saturated rings. The molecule has 1 aromatic heterocycles. The number of anilines is 1. The van der Waals surface area contributed by atoms with Gasteiger partial charge in [-0.3, -0.25) is 0 Å². The van der Waals surface area contributed by atoms with E-state index in [0.717, 1.165) is 43.9 Å². The number of methoxy groups -OCH3 is 1. The summed E-state index contributed by atoms with van der Waals surface area (Å²) >= 11 is 0. The Morgan fingerprint density at radius 3 is 2.88 bits per heavy atom. The molecule has 0 N–H and O–H groups in total. The van der Waals surface area contributed by atoms with Crippen LogP contribution in [0, 0.1) is 6.92 Å². The number of nitrogens with zero attached hydrogens (tertiary/aromatic N) is 4. The maximum absolute atomic E-state index is 5.79. The third-order valence-electron chi connectivity index (χ3n) is 5.24. The van der Waals surface area contributed by atoms with Crippen molar-refractivity contribution in [2.24, 2.45) is 0 Å². The highest BCUT2D eigenvalue weighted by Crippen LogP contribution is 2.29. The van der Waals surface area contributed by atoms with Gasteiger partial charge in [0.25, 0.3) is 0 Å². The molecule has 0 saturated carbocycles. The van der Waals surface area contributed by atoms with Gasteiger partial charge in [0.15, 0.2) is 0 Å². The third kappa shape index (κ3) is 3.55. The van der Waals surface area contributed by atoms with Gasteiger partial charge in [0.05, 0.1) is 24.9 Å². The monoisotopic (exact) mass is 342 g/mol. The van der Waals surface area contributed by atoms with E-state index < -0.39 is 0 Å². The van der Waals surface area contributed by atoms with Crippen LogP contribution in [0.4, 0.5) is 5.69 Å². The van der Waals surface area contributed by atoms with Gasteiger partial charge in [0, 0.05) is 38.1 Å². The van der Waals surface area contributed by atoms with Crippen molar-refractivity contribution in [2.45, 2.75) is 44.9 Å². The quantitative estimate of drug-likeness (QED) is 0.836. The lowest BCUT2D eigenvalue weighted by molar-refractivity contribution is 0.00370. The van der Waals surface area contributed by atoms with Crippen LogP contribution in [0.2, 0.25) is 0 Å². The summed E-state index contributed by atoms with van der Waals surface area (Å²) in [5, 5.41) is 8.66. The highest BCUT2D eigenvalue weighted by molar-refractivity contribution is 5.67. The Morgan fingerprint density at radius 1 is 1.28 bits per heavy atom. The van der Waals surface area contributed by atoms with Gasteiger partial charge in [0.2, 0.25) is 0 Å². The van der Waals surface area contributed by atoms with Gasteiger partial charge in [-0.25, -0.2) is 4.68 Å². The molecule has 3 heterocycles. The number of rotatable bonds is 5. The zero-order valence-electron chi connectivity index (χ0n) is 15.0. The molecule has 2 aliphatic rings. The van der Waals surface area contributed by atoms with E-state index in [1.807, 2.05) is 10.9 Å². The Balaban J connectivity index is 1.44. The molecule has 1 aromatic carbocycles. The normalized spacial score (nSPS) is 21.4. The van der Waals surface area contributed by atoms with Crippen LogP contribution >= 0.6 is 0 Å². The molecule has 4 rings (SSSR count). The largest absolute Gasteiger partial charge is 0.378 e. The molecule has 6 heteroatoms. The van der Waals surface area contributed by atoms with Crippen molar-refractivity contribution < 1.29 is 9.47 Å². The van der Waals surface area contributed by atoms with E-state index in [1.54, 1.807) is 7.11 Å². The fourth-order valence-electron chi connectivity index (χ4n) is 3.60. The smallest absolute Gasteiger partial charge is 0.113 e. The zero-order valence-corrected chi connectivity index (χ0v) is 15.0. The van der Waals surface area contributed by atoms with Crippen LogP contribution in [-0.2, 0) is 16.0 Å². The number of ether oxygens (including phenoxy) is 2. The molecule has 0 aliphatic carbocycles. The van der Waals surface area contributed by atoms with Gasteiger partial charge in [-0.15, -0.1) is 5.10 Å². The van der Waals surface area contributed by atoms with E-state index in [0.29, 0.717) is 6.10 Å². The average Bonchev–Trinajstić information content (AvgIpc) is 3.03. The van der Waals surface area contributed by atoms with E-state index >= 15 is 0 Å². The summed E-state index contributed by atoms with van der Waals surface area (Å²) in [6, 6.07) is 6.54. The van der Waals surface area contributed by atoms with Gasteiger partial charge in [-0.05, 0) is 43.9 Å². The summed E-state index contributed by atoms with van der Waals surface area (Å²) in [6.45, 7) is 5.72.